The quantitative estimate of drug-likeness (QED) is 0.0951. The van der Waals surface area contributed by atoms with Crippen molar-refractivity contribution >= 4 is 21.8 Å². The van der Waals surface area contributed by atoms with Gasteiger partial charge in [-0.2, -0.15) is 9.97 Å². The van der Waals surface area contributed by atoms with Crippen molar-refractivity contribution in [2.24, 2.45) is 0 Å². The number of nitrogens with zero attached hydrogens (tertiary/aromatic N) is 7. The fraction of sp³-hybridized carbons (Fsp3) is 0.0824. The number of fused-ring (bicyclic) bond motifs is 6. The van der Waals surface area contributed by atoms with Crippen LogP contribution in [0.3, 0.4) is 0 Å². The third kappa shape index (κ3) is 10.7. The van der Waals surface area contributed by atoms with Crippen LogP contribution >= 0.6 is 0 Å². The molecule has 1 aliphatic carbocycles. The van der Waals surface area contributed by atoms with E-state index in [9.17, 15) is 0 Å². The Morgan fingerprint density at radius 3 is 1.25 bits per heavy atom. The highest BCUT2D eigenvalue weighted by Gasteiger charge is 2.36. The van der Waals surface area contributed by atoms with E-state index in [0.29, 0.717) is 35.1 Å². The molecule has 3 aromatic heterocycles. The summed E-state index contributed by atoms with van der Waals surface area (Å²) in [6.07, 6.45) is 4.23. The van der Waals surface area contributed by atoms with Gasteiger partial charge in [-0.1, -0.05) is 244 Å². The third-order valence-corrected chi connectivity index (χ3v) is 18.3. The van der Waals surface area contributed by atoms with Crippen LogP contribution in [0, 0.1) is 0 Å². The first-order valence-corrected chi connectivity index (χ1v) is 31.8. The number of benzene rings is 12. The van der Waals surface area contributed by atoms with Gasteiger partial charge in [0.1, 0.15) is 0 Å². The number of hydrogen-bond donors (Lipinski definition) is 0. The van der Waals surface area contributed by atoms with Crippen LogP contribution in [0.15, 0.2) is 297 Å². The normalized spacial score (nSPS) is 12.3. The van der Waals surface area contributed by atoms with E-state index in [4.69, 9.17) is 29.9 Å². The zero-order chi connectivity index (χ0) is 61.5. The summed E-state index contributed by atoms with van der Waals surface area (Å²) >= 11 is 0. The van der Waals surface area contributed by atoms with Crippen molar-refractivity contribution in [3.05, 3.63) is 320 Å². The topological polar surface area (TPSA) is 82.3 Å². The van der Waals surface area contributed by atoms with E-state index in [1.165, 1.54) is 55.6 Å². The monoisotopic (exact) mass is 1180 g/mol. The van der Waals surface area contributed by atoms with Crippen LogP contribution in [-0.4, -0.2) is 34.5 Å². The first kappa shape index (κ1) is 55.7. The van der Waals surface area contributed by atoms with Crippen LogP contribution in [0.2, 0.25) is 0 Å². The van der Waals surface area contributed by atoms with Gasteiger partial charge in [-0.15, -0.1) is 0 Å². The average molecular weight is 1180 g/mol. The Labute approximate surface area is 536 Å². The Morgan fingerprint density at radius 2 is 0.652 bits per heavy atom. The van der Waals surface area contributed by atoms with Gasteiger partial charge in [-0.05, 0) is 170 Å². The van der Waals surface area contributed by atoms with Crippen LogP contribution in [0.25, 0.3) is 140 Å². The summed E-state index contributed by atoms with van der Waals surface area (Å²) in [7, 11) is 0. The Hall–Kier alpha value is -11.5. The molecule has 0 amide bonds. The molecule has 438 valence electrons. The second-order valence-electron chi connectivity index (χ2n) is 24.6. The van der Waals surface area contributed by atoms with E-state index in [1.807, 2.05) is 36.4 Å². The highest BCUT2D eigenvalue weighted by Crippen LogP contribution is 2.51. The largest absolute Gasteiger partial charge is 0.278 e. The lowest BCUT2D eigenvalue weighted by atomic mass is 9.82. The minimum absolute atomic E-state index is 0.271. The van der Waals surface area contributed by atoms with Crippen LogP contribution in [0.1, 0.15) is 48.9 Å². The maximum Gasteiger partial charge on any atom is 0.238 e. The lowest BCUT2D eigenvalue weighted by molar-refractivity contribution is 0.661. The van der Waals surface area contributed by atoms with Gasteiger partial charge in [0.05, 0.1) is 11.0 Å². The molecule has 0 spiro atoms. The first-order valence-electron chi connectivity index (χ1n) is 31.8. The average Bonchev–Trinajstić information content (AvgIpc) is 1.55. The minimum Gasteiger partial charge on any atom is -0.278 e. The molecule has 0 unspecified atom stereocenters. The van der Waals surface area contributed by atoms with Crippen molar-refractivity contribution in [3.63, 3.8) is 0 Å². The molecule has 92 heavy (non-hydrogen) atoms. The summed E-state index contributed by atoms with van der Waals surface area (Å²) in [5, 5.41) is 2.10. The molecule has 1 aliphatic rings. The second-order valence-corrected chi connectivity index (χ2v) is 24.6. The SMILES string of the molecule is CC1(C)c2ccccc2-c2cc3c4cc(-c5nc(-c6ccccc6)nc(-c6cccc(CCCCc7ccccc7)c6)n5)ccc4n(-c4nc(-c5ccccc5)nc(-c5cccc(-c6cccc(-c7cc(-c8ccccc8)cc(-c8ccccc8)c7)c6)c5)n4)c3cc21. The van der Waals surface area contributed by atoms with Gasteiger partial charge in [-0.3, -0.25) is 4.57 Å². The molecule has 7 nitrogen and oxygen atoms in total. The minimum atomic E-state index is -0.271. The van der Waals surface area contributed by atoms with Gasteiger partial charge in [0, 0.05) is 44.0 Å². The molecular weight excluding hydrogens is 1120 g/mol. The summed E-state index contributed by atoms with van der Waals surface area (Å²) in [5.41, 5.74) is 23.0. The van der Waals surface area contributed by atoms with Crippen molar-refractivity contribution < 1.29 is 0 Å². The van der Waals surface area contributed by atoms with Gasteiger partial charge in [0.25, 0.3) is 0 Å². The molecule has 16 rings (SSSR count). The molecule has 0 saturated carbocycles. The molecule has 12 aromatic carbocycles. The molecule has 0 N–H and O–H groups in total. The van der Waals surface area contributed by atoms with Crippen molar-refractivity contribution in [2.75, 3.05) is 0 Å². The van der Waals surface area contributed by atoms with Gasteiger partial charge >= 0.3 is 0 Å². The van der Waals surface area contributed by atoms with Crippen LogP contribution in [0.5, 0.6) is 0 Å². The molecule has 0 atom stereocenters. The zero-order valence-electron chi connectivity index (χ0n) is 51.2. The highest BCUT2D eigenvalue weighted by molar-refractivity contribution is 6.12. The number of hydrogen-bond acceptors (Lipinski definition) is 6. The van der Waals surface area contributed by atoms with E-state index in [1.54, 1.807) is 0 Å². The fourth-order valence-electron chi connectivity index (χ4n) is 13.5. The number of aromatic nitrogens is 7. The Bertz CT molecular complexity index is 5180. The number of unbranched alkanes of at least 4 members (excludes halogenated alkanes) is 1. The maximum absolute atomic E-state index is 5.54. The molecule has 3 heterocycles. The van der Waals surface area contributed by atoms with Crippen LogP contribution in [-0.2, 0) is 18.3 Å². The van der Waals surface area contributed by atoms with Crippen LogP contribution in [0.4, 0.5) is 0 Å². The maximum atomic E-state index is 5.54. The highest BCUT2D eigenvalue weighted by atomic mass is 15.2. The predicted octanol–water partition coefficient (Wildman–Crippen LogP) is 21.0. The lowest BCUT2D eigenvalue weighted by Gasteiger charge is -2.21. The van der Waals surface area contributed by atoms with Gasteiger partial charge < -0.3 is 0 Å². The van der Waals surface area contributed by atoms with E-state index in [0.717, 1.165) is 97.6 Å². The Morgan fingerprint density at radius 1 is 0.261 bits per heavy atom. The molecule has 0 fully saturated rings. The molecule has 0 bridgehead atoms. The molecule has 7 heteroatoms. The lowest BCUT2D eigenvalue weighted by Crippen LogP contribution is -2.15. The standard InChI is InChI=1S/C85H63N7/c1-85(2)75-44-21-20-43-71(75)72-54-74-73-53-67(82-87-79(60-34-14-6-15-35-60)86-81(89-82)65-41-22-29-57(47-65)28-19-18-27-56-25-8-3-9-26-56)45-46-77(73)92(78(74)55-76(72)85)84-90-80(61-36-16-7-17-37-61)88-83(91-84)66-42-24-39-63(49-66)62-38-23-40-64(48-62)70-51-68(58-30-10-4-11-31-58)50-69(52-70)59-32-12-5-13-33-59/h3-17,20-26,29-55H,18-19,27-28H2,1-2H3. The van der Waals surface area contributed by atoms with Gasteiger partial charge in [-0.25, -0.2) is 19.9 Å². The van der Waals surface area contributed by atoms with Gasteiger partial charge in [0.2, 0.25) is 5.95 Å². The second kappa shape index (κ2) is 23.8. The molecule has 0 saturated heterocycles. The Balaban J connectivity index is 0.829. The van der Waals surface area contributed by atoms with Crippen LogP contribution < -0.4 is 0 Å². The first-order chi connectivity index (χ1) is 45.3. The molecule has 15 aromatic rings. The smallest absolute Gasteiger partial charge is 0.238 e. The summed E-state index contributed by atoms with van der Waals surface area (Å²) in [5.74, 6) is 3.50. The van der Waals surface area contributed by atoms with Crippen molar-refractivity contribution in [1.82, 2.24) is 34.5 Å². The molecule has 0 aliphatic heterocycles. The third-order valence-electron chi connectivity index (χ3n) is 18.3. The van der Waals surface area contributed by atoms with Crippen molar-refractivity contribution in [1.29, 1.82) is 0 Å². The number of rotatable bonds is 15. The summed E-state index contributed by atoms with van der Waals surface area (Å²) in [4.78, 5) is 32.1. The predicted molar refractivity (Wildman–Crippen MR) is 377 cm³/mol. The van der Waals surface area contributed by atoms with Crippen molar-refractivity contribution in [3.8, 4) is 119 Å². The van der Waals surface area contributed by atoms with E-state index >= 15 is 0 Å². The summed E-state index contributed by atoms with van der Waals surface area (Å²) in [6.45, 7) is 4.67. The Kier molecular flexibility index (Phi) is 14.4. The fourth-order valence-corrected chi connectivity index (χ4v) is 13.5. The van der Waals surface area contributed by atoms with Gasteiger partial charge in [0.15, 0.2) is 29.1 Å². The van der Waals surface area contributed by atoms with Crippen molar-refractivity contribution in [2.45, 2.75) is 44.9 Å². The number of aryl methyl sites for hydroxylation is 2. The summed E-state index contributed by atoms with van der Waals surface area (Å²) < 4.78 is 2.24. The summed E-state index contributed by atoms with van der Waals surface area (Å²) in [6, 6.07) is 106. The zero-order valence-corrected chi connectivity index (χ0v) is 51.2. The molecular formula is C85H63N7. The molecule has 0 radical (unpaired) electrons. The van der Waals surface area contributed by atoms with E-state index in [-0.39, 0.29) is 5.41 Å². The van der Waals surface area contributed by atoms with E-state index in [2.05, 4.69) is 279 Å². The van der Waals surface area contributed by atoms with E-state index < -0.39 is 0 Å².